The van der Waals surface area contributed by atoms with Crippen LogP contribution >= 0.6 is 0 Å². The molecule has 1 amide bonds. The Balaban J connectivity index is 2.12. The van der Waals surface area contributed by atoms with Crippen LogP contribution in [0.15, 0.2) is 42.5 Å². The highest BCUT2D eigenvalue weighted by atomic mass is 16.1. The molecule has 0 radical (unpaired) electrons. The molecular formula is C16H20N4O. The van der Waals surface area contributed by atoms with Crippen LogP contribution in [0.4, 0.5) is 5.82 Å². The summed E-state index contributed by atoms with van der Waals surface area (Å²) in [6.07, 6.45) is 1.93. The summed E-state index contributed by atoms with van der Waals surface area (Å²) in [6.45, 7) is 2.15. The van der Waals surface area contributed by atoms with Crippen molar-refractivity contribution in [2.24, 2.45) is 5.73 Å². The number of likely N-dealkylation sites (N-methyl/N-ethyl adjacent to an activating group) is 1. The van der Waals surface area contributed by atoms with Gasteiger partial charge in [-0.3, -0.25) is 4.79 Å². The predicted octanol–water partition coefficient (Wildman–Crippen LogP) is 2.03. The Hall–Kier alpha value is -2.43. The molecule has 0 bridgehead atoms. The third kappa shape index (κ3) is 3.78. The van der Waals surface area contributed by atoms with Crippen molar-refractivity contribution in [1.82, 2.24) is 10.2 Å². The Morgan fingerprint density at radius 3 is 2.43 bits per heavy atom. The molecule has 2 aromatic rings. The number of hydrogen-bond acceptors (Lipinski definition) is 4. The second-order valence-electron chi connectivity index (χ2n) is 5.00. The first-order valence-corrected chi connectivity index (χ1v) is 7.02. The van der Waals surface area contributed by atoms with Crippen molar-refractivity contribution in [3.05, 3.63) is 53.7 Å². The zero-order valence-electron chi connectivity index (χ0n) is 12.4. The molecule has 5 heteroatoms. The molecule has 2 N–H and O–H groups in total. The molecule has 2 rings (SSSR count). The first kappa shape index (κ1) is 15.0. The fraction of sp³-hybridized carbons (Fsp3) is 0.312. The summed E-state index contributed by atoms with van der Waals surface area (Å²) in [5, 5.41) is 7.94. The van der Waals surface area contributed by atoms with Gasteiger partial charge in [0.25, 0.3) is 5.91 Å². The quantitative estimate of drug-likeness (QED) is 0.881. The second kappa shape index (κ2) is 6.83. The second-order valence-corrected chi connectivity index (χ2v) is 5.00. The van der Waals surface area contributed by atoms with Gasteiger partial charge in [0.15, 0.2) is 11.5 Å². The fourth-order valence-corrected chi connectivity index (χ4v) is 2.27. The van der Waals surface area contributed by atoms with Crippen LogP contribution in [0.2, 0.25) is 0 Å². The first-order chi connectivity index (χ1) is 10.1. The molecule has 0 saturated carbocycles. The van der Waals surface area contributed by atoms with Crippen molar-refractivity contribution < 1.29 is 4.79 Å². The van der Waals surface area contributed by atoms with Crippen LogP contribution in [-0.4, -0.2) is 29.2 Å². The number of carbonyl (C=O) groups excluding carboxylic acids is 1. The van der Waals surface area contributed by atoms with E-state index in [-0.39, 0.29) is 5.69 Å². The van der Waals surface area contributed by atoms with E-state index in [1.54, 1.807) is 12.1 Å². The lowest BCUT2D eigenvalue weighted by Gasteiger charge is -2.28. The van der Waals surface area contributed by atoms with Crippen molar-refractivity contribution >= 4 is 11.7 Å². The van der Waals surface area contributed by atoms with Gasteiger partial charge in [0.2, 0.25) is 0 Å². The smallest absolute Gasteiger partial charge is 0.269 e. The summed E-state index contributed by atoms with van der Waals surface area (Å²) >= 11 is 0. The maximum absolute atomic E-state index is 11.0. The number of nitrogens with two attached hydrogens (primary N) is 1. The van der Waals surface area contributed by atoms with Gasteiger partial charge in [-0.25, -0.2) is 0 Å². The van der Waals surface area contributed by atoms with Crippen LogP contribution < -0.4 is 10.6 Å². The molecule has 1 aromatic heterocycles. The number of anilines is 1. The van der Waals surface area contributed by atoms with E-state index >= 15 is 0 Å². The maximum atomic E-state index is 11.0. The van der Waals surface area contributed by atoms with Gasteiger partial charge in [0, 0.05) is 13.1 Å². The molecule has 21 heavy (non-hydrogen) atoms. The molecule has 110 valence electrons. The SMILES string of the molecule is CCC(Cc1ccccc1)N(C)c1ccc(C(N)=O)nn1. The van der Waals surface area contributed by atoms with E-state index in [2.05, 4.69) is 34.2 Å². The van der Waals surface area contributed by atoms with Gasteiger partial charge >= 0.3 is 0 Å². The minimum absolute atomic E-state index is 0.184. The van der Waals surface area contributed by atoms with Gasteiger partial charge in [-0.1, -0.05) is 37.3 Å². The number of benzene rings is 1. The fourth-order valence-electron chi connectivity index (χ4n) is 2.27. The van der Waals surface area contributed by atoms with Crippen LogP contribution in [0.5, 0.6) is 0 Å². The number of hydrogen-bond donors (Lipinski definition) is 1. The number of rotatable bonds is 6. The van der Waals surface area contributed by atoms with Crippen LogP contribution in [0, 0.1) is 0 Å². The standard InChI is InChI=1S/C16H20N4O/c1-3-13(11-12-7-5-4-6-8-12)20(2)15-10-9-14(16(17)21)18-19-15/h4-10,13H,3,11H2,1-2H3,(H2,17,21). The Morgan fingerprint density at radius 2 is 1.90 bits per heavy atom. The predicted molar refractivity (Wildman–Crippen MR) is 83.2 cm³/mol. The maximum Gasteiger partial charge on any atom is 0.269 e. The highest BCUT2D eigenvalue weighted by Crippen LogP contribution is 2.17. The average Bonchev–Trinajstić information content (AvgIpc) is 2.53. The van der Waals surface area contributed by atoms with Crippen molar-refractivity contribution in [3.8, 4) is 0 Å². The van der Waals surface area contributed by atoms with Gasteiger partial charge in [0.05, 0.1) is 0 Å². The lowest BCUT2D eigenvalue weighted by Crippen LogP contribution is -2.34. The minimum Gasteiger partial charge on any atom is -0.364 e. The number of primary amides is 1. The Bertz CT molecular complexity index is 583. The minimum atomic E-state index is -0.562. The molecule has 0 aliphatic heterocycles. The van der Waals surface area contributed by atoms with Crippen molar-refractivity contribution in [2.45, 2.75) is 25.8 Å². The van der Waals surface area contributed by atoms with Gasteiger partial charge in [-0.2, -0.15) is 0 Å². The van der Waals surface area contributed by atoms with E-state index in [1.807, 2.05) is 25.2 Å². The van der Waals surface area contributed by atoms with Gasteiger partial charge in [-0.15, -0.1) is 10.2 Å². The summed E-state index contributed by atoms with van der Waals surface area (Å²) in [5.41, 5.74) is 6.65. The largest absolute Gasteiger partial charge is 0.364 e. The van der Waals surface area contributed by atoms with Gasteiger partial charge < -0.3 is 10.6 Å². The molecule has 1 aromatic carbocycles. The zero-order valence-corrected chi connectivity index (χ0v) is 12.4. The zero-order chi connectivity index (χ0) is 15.2. The normalized spacial score (nSPS) is 11.9. The lowest BCUT2D eigenvalue weighted by molar-refractivity contribution is 0.0994. The summed E-state index contributed by atoms with van der Waals surface area (Å²) in [4.78, 5) is 13.1. The highest BCUT2D eigenvalue weighted by Gasteiger charge is 2.16. The summed E-state index contributed by atoms with van der Waals surface area (Å²) < 4.78 is 0. The molecule has 0 fully saturated rings. The molecule has 1 unspecified atom stereocenters. The Kier molecular flexibility index (Phi) is 4.87. The van der Waals surface area contributed by atoms with E-state index in [1.165, 1.54) is 5.56 Å². The summed E-state index contributed by atoms with van der Waals surface area (Å²) in [6, 6.07) is 14.1. The molecule has 0 aliphatic rings. The highest BCUT2D eigenvalue weighted by molar-refractivity contribution is 5.90. The van der Waals surface area contributed by atoms with E-state index in [4.69, 9.17) is 5.73 Å². The van der Waals surface area contributed by atoms with Crippen LogP contribution in [0.25, 0.3) is 0 Å². The van der Waals surface area contributed by atoms with Crippen molar-refractivity contribution in [2.75, 3.05) is 11.9 Å². The molecule has 1 heterocycles. The first-order valence-electron chi connectivity index (χ1n) is 7.02. The number of nitrogens with zero attached hydrogens (tertiary/aromatic N) is 3. The number of aromatic nitrogens is 2. The topological polar surface area (TPSA) is 72.1 Å². The van der Waals surface area contributed by atoms with E-state index in [9.17, 15) is 4.79 Å². The molecule has 0 aliphatic carbocycles. The van der Waals surface area contributed by atoms with Crippen LogP contribution in [0.3, 0.4) is 0 Å². The van der Waals surface area contributed by atoms with E-state index in [0.29, 0.717) is 6.04 Å². The number of amides is 1. The third-order valence-corrected chi connectivity index (χ3v) is 3.60. The van der Waals surface area contributed by atoms with Crippen LogP contribution in [0.1, 0.15) is 29.4 Å². The van der Waals surface area contributed by atoms with E-state index < -0.39 is 5.91 Å². The number of carbonyl (C=O) groups is 1. The Labute approximate surface area is 124 Å². The van der Waals surface area contributed by atoms with Crippen LogP contribution in [-0.2, 0) is 6.42 Å². The monoisotopic (exact) mass is 284 g/mol. The molecule has 0 spiro atoms. The molecule has 0 saturated heterocycles. The molecule has 1 atom stereocenters. The van der Waals surface area contributed by atoms with Crippen molar-refractivity contribution in [3.63, 3.8) is 0 Å². The summed E-state index contributed by atoms with van der Waals surface area (Å²) in [7, 11) is 1.99. The average molecular weight is 284 g/mol. The lowest BCUT2D eigenvalue weighted by atomic mass is 10.0. The van der Waals surface area contributed by atoms with Crippen molar-refractivity contribution in [1.29, 1.82) is 0 Å². The van der Waals surface area contributed by atoms with Gasteiger partial charge in [-0.05, 0) is 30.5 Å². The Morgan fingerprint density at radius 1 is 1.19 bits per heavy atom. The molecule has 5 nitrogen and oxygen atoms in total. The molecular weight excluding hydrogens is 264 g/mol. The van der Waals surface area contributed by atoms with E-state index in [0.717, 1.165) is 18.7 Å². The van der Waals surface area contributed by atoms with Gasteiger partial charge in [0.1, 0.15) is 0 Å². The third-order valence-electron chi connectivity index (χ3n) is 3.60. The summed E-state index contributed by atoms with van der Waals surface area (Å²) in [5.74, 6) is 0.177.